The van der Waals surface area contributed by atoms with E-state index in [4.69, 9.17) is 0 Å². The Kier molecular flexibility index (Phi) is 5.45. The number of benzene rings is 1. The highest BCUT2D eigenvalue weighted by molar-refractivity contribution is 7.88. The second-order valence-corrected chi connectivity index (χ2v) is 9.80. The first-order valence-corrected chi connectivity index (χ1v) is 11.2. The van der Waals surface area contributed by atoms with Gasteiger partial charge in [-0.3, -0.25) is 4.79 Å². The Morgan fingerprint density at radius 3 is 2.58 bits per heavy atom. The van der Waals surface area contributed by atoms with Crippen molar-refractivity contribution >= 4 is 32.4 Å². The van der Waals surface area contributed by atoms with Crippen LogP contribution in [0.25, 0.3) is 11.3 Å². The van der Waals surface area contributed by atoms with Gasteiger partial charge in [0.2, 0.25) is 15.9 Å². The maximum absolute atomic E-state index is 12.7. The van der Waals surface area contributed by atoms with Crippen molar-refractivity contribution in [3.63, 3.8) is 0 Å². The highest BCUT2D eigenvalue weighted by atomic mass is 32.2. The zero-order valence-electron chi connectivity index (χ0n) is 15.2. The standard InChI is InChI=1S/C18H23N3O3S2/c1-12-7-9-14(10-8-12)16-13(2)25-18(19-16)20-17(22)15-6-4-5-11-21(15)26(3,23)24/h7-10,15H,4-6,11H2,1-3H3,(H,19,20,22). The summed E-state index contributed by atoms with van der Waals surface area (Å²) in [5.74, 6) is -0.306. The molecule has 140 valence electrons. The Morgan fingerprint density at radius 1 is 1.23 bits per heavy atom. The lowest BCUT2D eigenvalue weighted by atomic mass is 10.0. The third kappa shape index (κ3) is 4.13. The van der Waals surface area contributed by atoms with Gasteiger partial charge in [0.1, 0.15) is 6.04 Å². The smallest absolute Gasteiger partial charge is 0.244 e. The molecule has 1 unspecified atom stereocenters. The van der Waals surface area contributed by atoms with Crippen molar-refractivity contribution in [3.05, 3.63) is 34.7 Å². The molecule has 6 nitrogen and oxygen atoms in total. The summed E-state index contributed by atoms with van der Waals surface area (Å²) in [4.78, 5) is 18.2. The van der Waals surface area contributed by atoms with E-state index >= 15 is 0 Å². The lowest BCUT2D eigenvalue weighted by Gasteiger charge is -2.32. The number of aromatic nitrogens is 1. The number of nitrogens with zero attached hydrogens (tertiary/aromatic N) is 2. The minimum Gasteiger partial charge on any atom is -0.301 e. The lowest BCUT2D eigenvalue weighted by molar-refractivity contribution is -0.120. The first-order valence-electron chi connectivity index (χ1n) is 8.58. The Labute approximate surface area is 158 Å². The van der Waals surface area contributed by atoms with E-state index in [1.54, 1.807) is 0 Å². The number of nitrogens with one attached hydrogen (secondary N) is 1. The van der Waals surface area contributed by atoms with Crippen LogP contribution in [0.2, 0.25) is 0 Å². The number of amides is 1. The molecule has 1 aliphatic heterocycles. The van der Waals surface area contributed by atoms with Gasteiger partial charge in [-0.25, -0.2) is 13.4 Å². The molecule has 1 saturated heterocycles. The first kappa shape index (κ1) is 19.0. The average Bonchev–Trinajstić information content (AvgIpc) is 2.95. The van der Waals surface area contributed by atoms with Gasteiger partial charge in [-0.05, 0) is 26.7 Å². The summed E-state index contributed by atoms with van der Waals surface area (Å²) in [5.41, 5.74) is 3.02. The van der Waals surface area contributed by atoms with E-state index in [1.807, 2.05) is 38.1 Å². The molecule has 26 heavy (non-hydrogen) atoms. The maximum Gasteiger partial charge on any atom is 0.244 e. The molecule has 1 amide bonds. The number of piperidine rings is 1. The van der Waals surface area contributed by atoms with Gasteiger partial charge in [-0.1, -0.05) is 36.2 Å². The Bertz CT molecular complexity index is 904. The summed E-state index contributed by atoms with van der Waals surface area (Å²) in [6.45, 7) is 4.38. The van der Waals surface area contributed by atoms with Gasteiger partial charge < -0.3 is 5.32 Å². The summed E-state index contributed by atoms with van der Waals surface area (Å²) >= 11 is 1.40. The van der Waals surface area contributed by atoms with Crippen LogP contribution in [0.1, 0.15) is 29.7 Å². The van der Waals surface area contributed by atoms with Crippen LogP contribution in [-0.4, -0.2) is 42.5 Å². The number of rotatable bonds is 4. The number of hydrogen-bond donors (Lipinski definition) is 1. The van der Waals surface area contributed by atoms with E-state index in [0.717, 1.165) is 35.2 Å². The minimum atomic E-state index is -3.41. The van der Waals surface area contributed by atoms with E-state index < -0.39 is 16.1 Å². The van der Waals surface area contributed by atoms with Gasteiger partial charge in [0.25, 0.3) is 0 Å². The molecule has 1 atom stereocenters. The molecule has 2 aromatic rings. The number of carbonyl (C=O) groups is 1. The van der Waals surface area contributed by atoms with Crippen LogP contribution in [0.15, 0.2) is 24.3 Å². The van der Waals surface area contributed by atoms with Gasteiger partial charge in [0, 0.05) is 17.0 Å². The summed E-state index contributed by atoms with van der Waals surface area (Å²) < 4.78 is 25.2. The molecule has 2 heterocycles. The molecule has 1 aliphatic rings. The SMILES string of the molecule is Cc1ccc(-c2nc(NC(=O)C3CCCCN3S(C)(=O)=O)sc2C)cc1. The molecule has 1 aromatic carbocycles. The fourth-order valence-electron chi connectivity index (χ4n) is 3.18. The predicted octanol–water partition coefficient (Wildman–Crippen LogP) is 3.18. The van der Waals surface area contributed by atoms with Gasteiger partial charge in [-0.15, -0.1) is 11.3 Å². The fraction of sp³-hybridized carbons (Fsp3) is 0.444. The van der Waals surface area contributed by atoms with Crippen molar-refractivity contribution in [2.75, 3.05) is 18.1 Å². The van der Waals surface area contributed by atoms with Crippen molar-refractivity contribution in [3.8, 4) is 11.3 Å². The monoisotopic (exact) mass is 393 g/mol. The molecule has 1 N–H and O–H groups in total. The van der Waals surface area contributed by atoms with E-state index in [2.05, 4.69) is 10.3 Å². The van der Waals surface area contributed by atoms with Crippen LogP contribution < -0.4 is 5.32 Å². The van der Waals surface area contributed by atoms with E-state index in [1.165, 1.54) is 21.2 Å². The van der Waals surface area contributed by atoms with Crippen LogP contribution in [-0.2, 0) is 14.8 Å². The van der Waals surface area contributed by atoms with Crippen LogP contribution >= 0.6 is 11.3 Å². The minimum absolute atomic E-state index is 0.306. The molecular weight excluding hydrogens is 370 g/mol. The molecule has 8 heteroatoms. The van der Waals surface area contributed by atoms with E-state index in [0.29, 0.717) is 18.1 Å². The Balaban J connectivity index is 1.79. The fourth-order valence-corrected chi connectivity index (χ4v) is 5.14. The zero-order valence-corrected chi connectivity index (χ0v) is 16.8. The van der Waals surface area contributed by atoms with Gasteiger partial charge in [0.15, 0.2) is 5.13 Å². The van der Waals surface area contributed by atoms with Crippen LogP contribution in [0.4, 0.5) is 5.13 Å². The predicted molar refractivity (Wildman–Crippen MR) is 105 cm³/mol. The second kappa shape index (κ2) is 7.46. The number of carbonyl (C=O) groups excluding carboxylic acids is 1. The summed E-state index contributed by atoms with van der Waals surface area (Å²) in [7, 11) is -3.41. The molecule has 1 aromatic heterocycles. The van der Waals surface area contributed by atoms with Crippen molar-refractivity contribution in [2.45, 2.75) is 39.2 Å². The lowest BCUT2D eigenvalue weighted by Crippen LogP contribution is -2.49. The maximum atomic E-state index is 12.7. The number of thiazole rings is 1. The summed E-state index contributed by atoms with van der Waals surface area (Å²) in [5, 5.41) is 3.32. The number of aryl methyl sites for hydroxylation is 2. The second-order valence-electron chi connectivity index (χ2n) is 6.66. The Morgan fingerprint density at radius 2 is 1.92 bits per heavy atom. The quantitative estimate of drug-likeness (QED) is 0.865. The zero-order chi connectivity index (χ0) is 18.9. The van der Waals surface area contributed by atoms with E-state index in [9.17, 15) is 13.2 Å². The van der Waals surface area contributed by atoms with Crippen molar-refractivity contribution < 1.29 is 13.2 Å². The van der Waals surface area contributed by atoms with Crippen LogP contribution in [0.5, 0.6) is 0 Å². The summed E-state index contributed by atoms with van der Waals surface area (Å²) in [6, 6.07) is 7.41. The highest BCUT2D eigenvalue weighted by Gasteiger charge is 2.34. The molecule has 1 fully saturated rings. The van der Waals surface area contributed by atoms with Crippen molar-refractivity contribution in [1.82, 2.24) is 9.29 Å². The molecule has 0 bridgehead atoms. The average molecular weight is 394 g/mol. The number of hydrogen-bond acceptors (Lipinski definition) is 5. The molecule has 0 radical (unpaired) electrons. The topological polar surface area (TPSA) is 79.4 Å². The van der Waals surface area contributed by atoms with Crippen LogP contribution in [0.3, 0.4) is 0 Å². The molecule has 0 saturated carbocycles. The van der Waals surface area contributed by atoms with Crippen LogP contribution in [0, 0.1) is 13.8 Å². The Hall–Kier alpha value is -1.77. The van der Waals surface area contributed by atoms with Gasteiger partial charge in [0.05, 0.1) is 11.9 Å². The van der Waals surface area contributed by atoms with Crippen molar-refractivity contribution in [2.24, 2.45) is 0 Å². The number of anilines is 1. The third-order valence-electron chi connectivity index (χ3n) is 4.53. The normalized spacial score (nSPS) is 18.7. The molecule has 0 spiro atoms. The molecular formula is C18H23N3O3S2. The first-order chi connectivity index (χ1) is 12.3. The van der Waals surface area contributed by atoms with Gasteiger partial charge >= 0.3 is 0 Å². The highest BCUT2D eigenvalue weighted by Crippen LogP contribution is 2.31. The van der Waals surface area contributed by atoms with Gasteiger partial charge in [-0.2, -0.15) is 4.31 Å². The largest absolute Gasteiger partial charge is 0.301 e. The van der Waals surface area contributed by atoms with Crippen molar-refractivity contribution in [1.29, 1.82) is 0 Å². The summed E-state index contributed by atoms with van der Waals surface area (Å²) in [6.07, 6.45) is 3.32. The number of sulfonamides is 1. The third-order valence-corrected chi connectivity index (χ3v) is 6.71. The molecule has 0 aliphatic carbocycles. The molecule has 3 rings (SSSR count). The van der Waals surface area contributed by atoms with E-state index in [-0.39, 0.29) is 5.91 Å².